The molecular weight excluding hydrogens is 300 g/mol. The highest BCUT2D eigenvalue weighted by atomic mass is 16.2. The first-order chi connectivity index (χ1) is 11.7. The quantitative estimate of drug-likeness (QED) is 0.847. The Morgan fingerprint density at radius 1 is 1.08 bits per heavy atom. The van der Waals surface area contributed by atoms with Crippen molar-refractivity contribution in [3.05, 3.63) is 24.3 Å². The molecule has 130 valence electrons. The number of piperazine rings is 1. The van der Waals surface area contributed by atoms with Gasteiger partial charge in [0.25, 0.3) is 0 Å². The molecule has 1 saturated heterocycles. The molecule has 0 unspecified atom stereocenters. The summed E-state index contributed by atoms with van der Waals surface area (Å²) in [5.74, 6) is 1.54. The Kier molecular flexibility index (Phi) is 5.07. The lowest BCUT2D eigenvalue weighted by Gasteiger charge is -2.36. The van der Waals surface area contributed by atoms with Gasteiger partial charge in [-0.15, -0.1) is 0 Å². The number of aryl methyl sites for hydroxylation is 1. The molecule has 1 fully saturated rings. The zero-order valence-electron chi connectivity index (χ0n) is 15.0. The minimum Gasteiger partial charge on any atom is -0.339 e. The van der Waals surface area contributed by atoms with Crippen LogP contribution >= 0.6 is 0 Å². The zero-order chi connectivity index (χ0) is 17.1. The molecule has 1 amide bonds. The molecule has 3 rings (SSSR count). The molecule has 0 spiro atoms. The number of fused-ring (bicyclic) bond motifs is 1. The van der Waals surface area contributed by atoms with Crippen molar-refractivity contribution in [2.75, 3.05) is 31.1 Å². The maximum atomic E-state index is 12.6. The van der Waals surface area contributed by atoms with E-state index in [1.807, 2.05) is 11.0 Å². The van der Waals surface area contributed by atoms with E-state index < -0.39 is 0 Å². The Hall–Kier alpha value is -2.04. The van der Waals surface area contributed by atoms with Crippen molar-refractivity contribution in [2.45, 2.75) is 40.2 Å². The van der Waals surface area contributed by atoms with E-state index in [0.717, 1.165) is 57.0 Å². The average molecular weight is 328 g/mol. The number of carbonyl (C=O) groups is 1. The molecule has 1 aromatic heterocycles. The second-order valence-corrected chi connectivity index (χ2v) is 6.47. The van der Waals surface area contributed by atoms with Crippen LogP contribution < -0.4 is 4.90 Å². The van der Waals surface area contributed by atoms with Crippen LogP contribution in [-0.4, -0.2) is 46.5 Å². The summed E-state index contributed by atoms with van der Waals surface area (Å²) in [4.78, 5) is 21.7. The van der Waals surface area contributed by atoms with E-state index in [4.69, 9.17) is 4.98 Å². The van der Waals surface area contributed by atoms with E-state index >= 15 is 0 Å². The van der Waals surface area contributed by atoms with Gasteiger partial charge in [0.05, 0.1) is 11.0 Å². The van der Waals surface area contributed by atoms with E-state index in [9.17, 15) is 4.79 Å². The fourth-order valence-electron chi connectivity index (χ4n) is 3.64. The Balaban J connectivity index is 1.74. The molecular formula is C19H28N4O. The summed E-state index contributed by atoms with van der Waals surface area (Å²) in [5.41, 5.74) is 2.23. The third kappa shape index (κ3) is 2.99. The monoisotopic (exact) mass is 328 g/mol. The van der Waals surface area contributed by atoms with E-state index in [2.05, 4.69) is 48.4 Å². The van der Waals surface area contributed by atoms with E-state index in [1.54, 1.807) is 0 Å². The van der Waals surface area contributed by atoms with Crippen LogP contribution in [0.1, 0.15) is 33.6 Å². The fourth-order valence-corrected chi connectivity index (χ4v) is 3.64. The third-order valence-electron chi connectivity index (χ3n) is 5.16. The number of carbonyl (C=O) groups excluding carboxylic acids is 1. The van der Waals surface area contributed by atoms with Crippen molar-refractivity contribution in [3.8, 4) is 0 Å². The van der Waals surface area contributed by atoms with Gasteiger partial charge < -0.3 is 14.4 Å². The number of para-hydroxylation sites is 2. The lowest BCUT2D eigenvalue weighted by molar-refractivity contribution is -0.136. The summed E-state index contributed by atoms with van der Waals surface area (Å²) >= 11 is 0. The molecule has 2 aromatic rings. The van der Waals surface area contributed by atoms with Crippen LogP contribution in [0.3, 0.4) is 0 Å². The maximum absolute atomic E-state index is 12.6. The van der Waals surface area contributed by atoms with Gasteiger partial charge in [-0.25, -0.2) is 4.98 Å². The summed E-state index contributed by atoms with van der Waals surface area (Å²) in [6, 6.07) is 8.29. The lowest BCUT2D eigenvalue weighted by Crippen LogP contribution is -2.51. The Labute approximate surface area is 144 Å². The third-order valence-corrected chi connectivity index (χ3v) is 5.16. The first kappa shape index (κ1) is 16.8. The molecule has 0 aliphatic carbocycles. The van der Waals surface area contributed by atoms with Crippen molar-refractivity contribution in [1.29, 1.82) is 0 Å². The number of benzene rings is 1. The summed E-state index contributed by atoms with van der Waals surface area (Å²) in [7, 11) is 0. The molecule has 0 bridgehead atoms. The highest BCUT2D eigenvalue weighted by Gasteiger charge is 2.27. The highest BCUT2D eigenvalue weighted by Crippen LogP contribution is 2.24. The van der Waals surface area contributed by atoms with Crippen molar-refractivity contribution < 1.29 is 4.79 Å². The molecule has 24 heavy (non-hydrogen) atoms. The summed E-state index contributed by atoms with van der Waals surface area (Å²) in [6.45, 7) is 10.6. The van der Waals surface area contributed by atoms with Crippen molar-refractivity contribution in [3.63, 3.8) is 0 Å². The normalized spacial score (nSPS) is 15.5. The van der Waals surface area contributed by atoms with Gasteiger partial charge in [0.15, 0.2) is 0 Å². The summed E-state index contributed by atoms with van der Waals surface area (Å²) in [5, 5.41) is 0. The minimum absolute atomic E-state index is 0.178. The second kappa shape index (κ2) is 7.24. The fraction of sp³-hybridized carbons (Fsp3) is 0.579. The van der Waals surface area contributed by atoms with Gasteiger partial charge in [0.1, 0.15) is 0 Å². The van der Waals surface area contributed by atoms with Gasteiger partial charge in [-0.3, -0.25) is 4.79 Å². The van der Waals surface area contributed by atoms with Gasteiger partial charge in [-0.2, -0.15) is 0 Å². The molecule has 0 N–H and O–H groups in total. The predicted octanol–water partition coefficient (Wildman–Crippen LogP) is 3.14. The second-order valence-electron chi connectivity index (χ2n) is 6.47. The molecule has 5 nitrogen and oxygen atoms in total. The van der Waals surface area contributed by atoms with Crippen molar-refractivity contribution in [2.24, 2.45) is 5.92 Å². The highest BCUT2D eigenvalue weighted by molar-refractivity contribution is 5.80. The Morgan fingerprint density at radius 3 is 2.38 bits per heavy atom. The van der Waals surface area contributed by atoms with Crippen LogP contribution in [0.4, 0.5) is 5.95 Å². The molecule has 5 heteroatoms. The lowest BCUT2D eigenvalue weighted by atomic mass is 10.0. The number of nitrogens with zero attached hydrogens (tertiary/aromatic N) is 4. The van der Waals surface area contributed by atoms with Crippen LogP contribution in [0, 0.1) is 5.92 Å². The van der Waals surface area contributed by atoms with Crippen LogP contribution in [-0.2, 0) is 11.3 Å². The summed E-state index contributed by atoms with van der Waals surface area (Å²) < 4.78 is 2.27. The topological polar surface area (TPSA) is 41.4 Å². The van der Waals surface area contributed by atoms with E-state index in [-0.39, 0.29) is 5.92 Å². The number of hydrogen-bond acceptors (Lipinski definition) is 3. The smallest absolute Gasteiger partial charge is 0.225 e. The summed E-state index contributed by atoms with van der Waals surface area (Å²) in [6.07, 6.45) is 1.86. The zero-order valence-corrected chi connectivity index (χ0v) is 15.0. The number of hydrogen-bond donors (Lipinski definition) is 0. The van der Waals surface area contributed by atoms with E-state index in [1.165, 1.54) is 5.52 Å². The Bertz CT molecular complexity index is 696. The molecule has 0 atom stereocenters. The molecule has 1 aliphatic heterocycles. The first-order valence-electron chi connectivity index (χ1n) is 9.18. The number of rotatable bonds is 5. The van der Waals surface area contributed by atoms with Crippen LogP contribution in [0.15, 0.2) is 24.3 Å². The maximum Gasteiger partial charge on any atom is 0.225 e. The number of amides is 1. The first-order valence-corrected chi connectivity index (χ1v) is 9.18. The van der Waals surface area contributed by atoms with Crippen LogP contribution in [0.25, 0.3) is 11.0 Å². The molecule has 2 heterocycles. The van der Waals surface area contributed by atoms with E-state index in [0.29, 0.717) is 5.91 Å². The molecule has 1 aromatic carbocycles. The van der Waals surface area contributed by atoms with Crippen molar-refractivity contribution in [1.82, 2.24) is 14.5 Å². The molecule has 0 radical (unpaired) electrons. The van der Waals surface area contributed by atoms with Gasteiger partial charge in [0, 0.05) is 38.6 Å². The minimum atomic E-state index is 0.178. The van der Waals surface area contributed by atoms with Crippen LogP contribution in [0.5, 0.6) is 0 Å². The SMILES string of the molecule is CCC(CC)C(=O)N1CCN(c2nc3ccccc3n2CC)CC1. The predicted molar refractivity (Wildman–Crippen MR) is 98.3 cm³/mol. The largest absolute Gasteiger partial charge is 0.339 e. The van der Waals surface area contributed by atoms with Gasteiger partial charge >= 0.3 is 0 Å². The Morgan fingerprint density at radius 2 is 1.75 bits per heavy atom. The standard InChI is InChI=1S/C19H28N4O/c1-4-15(5-2)18(24)21-11-13-22(14-12-21)19-20-16-9-7-8-10-17(16)23(19)6-3/h7-10,15H,4-6,11-14H2,1-3H3. The number of imidazole rings is 1. The molecule has 1 aliphatic rings. The van der Waals surface area contributed by atoms with Gasteiger partial charge in [-0.1, -0.05) is 26.0 Å². The number of aromatic nitrogens is 2. The van der Waals surface area contributed by atoms with Crippen LogP contribution in [0.2, 0.25) is 0 Å². The van der Waals surface area contributed by atoms with Crippen molar-refractivity contribution >= 4 is 22.9 Å². The average Bonchev–Trinajstić information content (AvgIpc) is 3.01. The molecule has 0 saturated carbocycles. The van der Waals surface area contributed by atoms with Gasteiger partial charge in [-0.05, 0) is 31.9 Å². The number of anilines is 1. The van der Waals surface area contributed by atoms with Gasteiger partial charge in [0.2, 0.25) is 11.9 Å².